The maximum Gasteiger partial charge on any atom is 0.270 e. The first-order valence-corrected chi connectivity index (χ1v) is 7.33. The number of hydrogen-bond acceptors (Lipinski definition) is 2. The van der Waals surface area contributed by atoms with Crippen molar-refractivity contribution < 1.29 is 4.79 Å². The molecule has 0 bridgehead atoms. The molecule has 0 aliphatic heterocycles. The normalized spacial score (nSPS) is 11.9. The summed E-state index contributed by atoms with van der Waals surface area (Å²) in [5.74, 6) is -0.127. The summed E-state index contributed by atoms with van der Waals surface area (Å²) in [5.41, 5.74) is 2.50. The molecule has 0 fully saturated rings. The lowest BCUT2D eigenvalue weighted by atomic mass is 10.1. The summed E-state index contributed by atoms with van der Waals surface area (Å²) in [7, 11) is 0. The molecule has 0 spiro atoms. The maximum atomic E-state index is 12.1. The number of halogens is 1. The van der Waals surface area contributed by atoms with Gasteiger partial charge in [-0.2, -0.15) is 0 Å². The van der Waals surface area contributed by atoms with Crippen LogP contribution >= 0.6 is 15.9 Å². The molecule has 1 N–H and O–H groups in total. The third-order valence-electron chi connectivity index (χ3n) is 2.95. The van der Waals surface area contributed by atoms with Gasteiger partial charge >= 0.3 is 0 Å². The quantitative estimate of drug-likeness (QED) is 0.930. The minimum absolute atomic E-state index is 0.0611. The van der Waals surface area contributed by atoms with Crippen LogP contribution in [-0.2, 0) is 6.42 Å². The van der Waals surface area contributed by atoms with Crippen LogP contribution in [0.25, 0.3) is 0 Å². The summed E-state index contributed by atoms with van der Waals surface area (Å²) in [5, 5.41) is 2.97. The highest BCUT2D eigenvalue weighted by Crippen LogP contribution is 2.12. The summed E-state index contributed by atoms with van der Waals surface area (Å²) in [6.07, 6.45) is 0.796. The average molecular weight is 333 g/mol. The molecule has 20 heavy (non-hydrogen) atoms. The topological polar surface area (TPSA) is 42.0 Å². The monoisotopic (exact) mass is 332 g/mol. The molecule has 1 aromatic heterocycles. The van der Waals surface area contributed by atoms with Gasteiger partial charge in [0.2, 0.25) is 0 Å². The molecule has 0 saturated heterocycles. The molecular formula is C16H17BrN2O. The van der Waals surface area contributed by atoms with E-state index in [1.165, 1.54) is 5.56 Å². The van der Waals surface area contributed by atoms with Crippen LogP contribution in [0.2, 0.25) is 0 Å². The highest BCUT2D eigenvalue weighted by atomic mass is 79.9. The van der Waals surface area contributed by atoms with Crippen molar-refractivity contribution in [3.8, 4) is 0 Å². The molecule has 0 aliphatic carbocycles. The molecule has 104 valence electrons. The maximum absolute atomic E-state index is 12.1. The van der Waals surface area contributed by atoms with E-state index in [4.69, 9.17) is 0 Å². The number of carbonyl (C=O) groups excluding carboxylic acids is 1. The van der Waals surface area contributed by atoms with Crippen molar-refractivity contribution in [1.82, 2.24) is 10.3 Å². The number of pyridine rings is 1. The molecule has 0 unspecified atom stereocenters. The molecule has 2 rings (SSSR count). The number of nitrogens with zero attached hydrogens (tertiary/aromatic N) is 1. The van der Waals surface area contributed by atoms with E-state index in [0.717, 1.165) is 16.6 Å². The van der Waals surface area contributed by atoms with Gasteiger partial charge in [-0.15, -0.1) is 0 Å². The first-order chi connectivity index (χ1) is 9.54. The Bertz CT molecular complexity index is 596. The molecule has 0 aliphatic rings. The molecule has 1 aromatic carbocycles. The van der Waals surface area contributed by atoms with Crippen LogP contribution in [0.5, 0.6) is 0 Å². The molecule has 3 nitrogen and oxygen atoms in total. The van der Waals surface area contributed by atoms with E-state index in [0.29, 0.717) is 5.69 Å². The summed E-state index contributed by atoms with van der Waals surface area (Å²) >= 11 is 3.41. The highest BCUT2D eigenvalue weighted by Gasteiger charge is 2.11. The minimum Gasteiger partial charge on any atom is -0.348 e. The van der Waals surface area contributed by atoms with Gasteiger partial charge in [-0.05, 0) is 50.1 Å². The van der Waals surface area contributed by atoms with Gasteiger partial charge in [-0.1, -0.05) is 34.1 Å². The molecule has 1 atom stereocenters. The van der Waals surface area contributed by atoms with Gasteiger partial charge in [0.1, 0.15) is 5.69 Å². The predicted octanol–water partition coefficient (Wildman–Crippen LogP) is 3.51. The van der Waals surface area contributed by atoms with E-state index in [1.54, 1.807) is 6.07 Å². The summed E-state index contributed by atoms with van der Waals surface area (Å²) in [4.78, 5) is 16.3. The number of benzene rings is 1. The largest absolute Gasteiger partial charge is 0.348 e. The summed E-state index contributed by atoms with van der Waals surface area (Å²) in [6.45, 7) is 3.87. The van der Waals surface area contributed by atoms with Crippen LogP contribution in [-0.4, -0.2) is 16.9 Å². The first kappa shape index (κ1) is 14.7. The molecule has 4 heteroatoms. The number of aromatic nitrogens is 1. The van der Waals surface area contributed by atoms with Gasteiger partial charge in [0.25, 0.3) is 5.91 Å². The van der Waals surface area contributed by atoms with Gasteiger partial charge in [0.15, 0.2) is 0 Å². The van der Waals surface area contributed by atoms with Crippen molar-refractivity contribution >= 4 is 21.8 Å². The second-order valence-electron chi connectivity index (χ2n) is 4.87. The lowest BCUT2D eigenvalue weighted by Crippen LogP contribution is -2.34. The molecule has 0 radical (unpaired) electrons. The Morgan fingerprint density at radius 2 is 1.95 bits per heavy atom. The lowest BCUT2D eigenvalue weighted by molar-refractivity contribution is 0.0935. The number of rotatable bonds is 4. The van der Waals surface area contributed by atoms with Crippen molar-refractivity contribution in [2.75, 3.05) is 0 Å². The van der Waals surface area contributed by atoms with E-state index in [1.807, 2.05) is 38.1 Å². The van der Waals surface area contributed by atoms with Gasteiger partial charge < -0.3 is 5.32 Å². The summed E-state index contributed by atoms with van der Waals surface area (Å²) < 4.78 is 1.06. The van der Waals surface area contributed by atoms with E-state index < -0.39 is 0 Å². The second kappa shape index (κ2) is 6.66. The lowest BCUT2D eigenvalue weighted by Gasteiger charge is -2.14. The van der Waals surface area contributed by atoms with Crippen molar-refractivity contribution in [3.63, 3.8) is 0 Å². The fourth-order valence-corrected chi connectivity index (χ4v) is 2.26. The van der Waals surface area contributed by atoms with Crippen molar-refractivity contribution in [2.45, 2.75) is 26.3 Å². The Hall–Kier alpha value is -1.68. The minimum atomic E-state index is -0.127. The zero-order chi connectivity index (χ0) is 14.5. The Morgan fingerprint density at radius 3 is 2.60 bits per heavy atom. The third kappa shape index (κ3) is 4.17. The van der Waals surface area contributed by atoms with Crippen LogP contribution < -0.4 is 5.32 Å². The van der Waals surface area contributed by atoms with Crippen molar-refractivity contribution in [1.29, 1.82) is 0 Å². The number of amides is 1. The average Bonchev–Trinajstić information content (AvgIpc) is 2.41. The molecule has 1 heterocycles. The van der Waals surface area contributed by atoms with Gasteiger partial charge in [0, 0.05) is 16.2 Å². The van der Waals surface area contributed by atoms with E-state index >= 15 is 0 Å². The van der Waals surface area contributed by atoms with Crippen molar-refractivity contribution in [3.05, 3.63) is 63.9 Å². The number of nitrogens with one attached hydrogen (secondary N) is 1. The van der Waals surface area contributed by atoms with E-state index in [9.17, 15) is 4.79 Å². The molecule has 1 amide bonds. The van der Waals surface area contributed by atoms with Crippen LogP contribution in [0.3, 0.4) is 0 Å². The van der Waals surface area contributed by atoms with Crippen LogP contribution in [0.15, 0.2) is 46.9 Å². The predicted molar refractivity (Wildman–Crippen MR) is 83.7 cm³/mol. The molecular weight excluding hydrogens is 316 g/mol. The van der Waals surface area contributed by atoms with E-state index in [-0.39, 0.29) is 11.9 Å². The SMILES string of the molecule is Cc1cccc(C(=O)N[C@@H](C)Cc2ccc(Br)cc2)n1. The number of hydrogen-bond donors (Lipinski definition) is 1. The molecule has 2 aromatic rings. The van der Waals surface area contributed by atoms with Crippen molar-refractivity contribution in [2.24, 2.45) is 0 Å². The second-order valence-corrected chi connectivity index (χ2v) is 5.78. The Morgan fingerprint density at radius 1 is 1.25 bits per heavy atom. The van der Waals surface area contributed by atoms with Gasteiger partial charge in [-0.25, -0.2) is 4.98 Å². The Kier molecular flexibility index (Phi) is 4.90. The van der Waals surface area contributed by atoms with Crippen LogP contribution in [0.4, 0.5) is 0 Å². The van der Waals surface area contributed by atoms with Crippen LogP contribution in [0.1, 0.15) is 28.7 Å². The van der Waals surface area contributed by atoms with Gasteiger partial charge in [-0.3, -0.25) is 4.79 Å². The zero-order valence-corrected chi connectivity index (χ0v) is 13.1. The van der Waals surface area contributed by atoms with Crippen LogP contribution in [0, 0.1) is 6.92 Å². The summed E-state index contributed by atoms with van der Waals surface area (Å²) in [6, 6.07) is 13.6. The first-order valence-electron chi connectivity index (χ1n) is 6.53. The fourth-order valence-electron chi connectivity index (χ4n) is 1.99. The zero-order valence-electron chi connectivity index (χ0n) is 11.6. The van der Waals surface area contributed by atoms with E-state index in [2.05, 4.69) is 38.4 Å². The van der Waals surface area contributed by atoms with Gasteiger partial charge in [0.05, 0.1) is 0 Å². The smallest absolute Gasteiger partial charge is 0.270 e. The standard InChI is InChI=1S/C16H17BrN2O/c1-11-4-3-5-15(18-11)16(20)19-12(2)10-13-6-8-14(17)9-7-13/h3-9,12H,10H2,1-2H3,(H,19,20)/t12-/m0/s1. The third-order valence-corrected chi connectivity index (χ3v) is 3.48. The Balaban J connectivity index is 1.95. The highest BCUT2D eigenvalue weighted by molar-refractivity contribution is 9.10. The Labute approximate surface area is 127 Å². The molecule has 0 saturated carbocycles. The number of carbonyl (C=O) groups is 1. The number of aryl methyl sites for hydroxylation is 1. The fraction of sp³-hybridized carbons (Fsp3) is 0.250.